The van der Waals surface area contributed by atoms with E-state index in [0.29, 0.717) is 11.6 Å². The molecule has 1 heterocycles. The number of primary amides is 1. The molecule has 2 amide bonds. The maximum Gasteiger partial charge on any atom is 0.416 e. The summed E-state index contributed by atoms with van der Waals surface area (Å²) >= 11 is 1.40. The molecule has 34 heavy (non-hydrogen) atoms. The van der Waals surface area contributed by atoms with Gasteiger partial charge >= 0.3 is 6.18 Å². The summed E-state index contributed by atoms with van der Waals surface area (Å²) in [5, 5.41) is 3.33. The third-order valence-electron chi connectivity index (χ3n) is 5.12. The number of halogens is 4. The van der Waals surface area contributed by atoms with Crippen LogP contribution in [0.5, 0.6) is 0 Å². The molecule has 1 aromatic heterocycles. The largest absolute Gasteiger partial charge is 0.416 e. The van der Waals surface area contributed by atoms with E-state index in [-0.39, 0.29) is 18.5 Å². The number of hydrogen-bond donors (Lipinski definition) is 2. The molecule has 0 bridgehead atoms. The smallest absolute Gasteiger partial charge is 0.368 e. The standard InChI is InChI=1S/C25H18F4N2O2S/c26-19-8-14(7-18(12-19)25(27,28)29)9-20-11-16-4-2-6-21(23(16)34-20)15-3-1-5-17(10-15)24(33)31-13-22(30)32/h1-8,10-12H,9,13H2,(H2,30,32)(H,31,33). The normalized spacial score (nSPS) is 11.5. The van der Waals surface area contributed by atoms with Gasteiger partial charge in [-0.25, -0.2) is 4.39 Å². The monoisotopic (exact) mass is 486 g/mol. The van der Waals surface area contributed by atoms with Crippen LogP contribution in [-0.4, -0.2) is 18.4 Å². The van der Waals surface area contributed by atoms with E-state index >= 15 is 0 Å². The van der Waals surface area contributed by atoms with Crippen LogP contribution in [0.3, 0.4) is 0 Å². The minimum Gasteiger partial charge on any atom is -0.368 e. The Morgan fingerprint density at radius 3 is 2.47 bits per heavy atom. The highest BCUT2D eigenvalue weighted by molar-refractivity contribution is 7.19. The average molecular weight is 486 g/mol. The van der Waals surface area contributed by atoms with Gasteiger partial charge in [-0.15, -0.1) is 11.3 Å². The molecule has 3 N–H and O–H groups in total. The molecule has 0 atom stereocenters. The van der Waals surface area contributed by atoms with Gasteiger partial charge < -0.3 is 11.1 Å². The van der Waals surface area contributed by atoms with Gasteiger partial charge in [-0.3, -0.25) is 9.59 Å². The van der Waals surface area contributed by atoms with Crippen LogP contribution in [0.4, 0.5) is 17.6 Å². The molecule has 0 unspecified atom stereocenters. The first-order valence-electron chi connectivity index (χ1n) is 10.2. The van der Waals surface area contributed by atoms with Gasteiger partial charge in [0.25, 0.3) is 5.91 Å². The predicted octanol–water partition coefficient (Wildman–Crippen LogP) is 5.53. The number of carbonyl (C=O) groups excluding carboxylic acids is 2. The minimum atomic E-state index is -4.63. The Morgan fingerprint density at radius 2 is 1.74 bits per heavy atom. The highest BCUT2D eigenvalue weighted by atomic mass is 32.1. The maximum atomic E-state index is 13.8. The molecule has 0 spiro atoms. The van der Waals surface area contributed by atoms with Crippen LogP contribution in [0, 0.1) is 5.82 Å². The molecule has 0 aliphatic carbocycles. The number of carbonyl (C=O) groups is 2. The van der Waals surface area contributed by atoms with E-state index in [4.69, 9.17) is 5.73 Å². The number of amides is 2. The van der Waals surface area contributed by atoms with Gasteiger partial charge in [0.05, 0.1) is 12.1 Å². The van der Waals surface area contributed by atoms with Crippen molar-refractivity contribution in [3.05, 3.63) is 94.1 Å². The number of nitrogens with one attached hydrogen (secondary N) is 1. The Morgan fingerprint density at radius 1 is 0.971 bits per heavy atom. The number of nitrogens with two attached hydrogens (primary N) is 1. The topological polar surface area (TPSA) is 72.2 Å². The van der Waals surface area contributed by atoms with Crippen molar-refractivity contribution in [2.45, 2.75) is 12.6 Å². The number of alkyl halides is 3. The van der Waals surface area contributed by atoms with Gasteiger partial charge in [0, 0.05) is 21.6 Å². The third kappa shape index (κ3) is 5.26. The molecule has 9 heteroatoms. The predicted molar refractivity (Wildman–Crippen MR) is 123 cm³/mol. The molecule has 0 radical (unpaired) electrons. The maximum absolute atomic E-state index is 13.8. The molecule has 0 aliphatic rings. The van der Waals surface area contributed by atoms with Gasteiger partial charge in [0.15, 0.2) is 0 Å². The summed E-state index contributed by atoms with van der Waals surface area (Å²) in [5.41, 5.74) is 6.24. The van der Waals surface area contributed by atoms with Gasteiger partial charge in [-0.05, 0) is 58.5 Å². The quantitative estimate of drug-likeness (QED) is 0.352. The van der Waals surface area contributed by atoms with E-state index in [1.807, 2.05) is 30.3 Å². The van der Waals surface area contributed by atoms with E-state index in [0.717, 1.165) is 38.2 Å². The number of fused-ring (bicyclic) bond motifs is 1. The summed E-state index contributed by atoms with van der Waals surface area (Å²) in [6.07, 6.45) is -4.48. The number of hydrogen-bond acceptors (Lipinski definition) is 3. The molecular formula is C25H18F4N2O2S. The van der Waals surface area contributed by atoms with Crippen molar-refractivity contribution < 1.29 is 27.2 Å². The molecule has 3 aromatic carbocycles. The van der Waals surface area contributed by atoms with Crippen LogP contribution in [-0.2, 0) is 17.4 Å². The van der Waals surface area contributed by atoms with Gasteiger partial charge in [-0.2, -0.15) is 13.2 Å². The lowest BCUT2D eigenvalue weighted by Crippen LogP contribution is -2.33. The van der Waals surface area contributed by atoms with Crippen molar-refractivity contribution in [3.8, 4) is 11.1 Å². The van der Waals surface area contributed by atoms with E-state index in [1.54, 1.807) is 18.2 Å². The SMILES string of the molecule is NC(=O)CNC(=O)c1cccc(-c2cccc3cc(Cc4cc(F)cc(C(F)(F)F)c4)sc23)c1. The van der Waals surface area contributed by atoms with Crippen LogP contribution < -0.4 is 11.1 Å². The molecule has 4 nitrogen and oxygen atoms in total. The van der Waals surface area contributed by atoms with Gasteiger partial charge in [-0.1, -0.05) is 30.3 Å². The van der Waals surface area contributed by atoms with Crippen molar-refractivity contribution >= 4 is 33.2 Å². The fourth-order valence-electron chi connectivity index (χ4n) is 3.65. The third-order valence-corrected chi connectivity index (χ3v) is 6.30. The lowest BCUT2D eigenvalue weighted by Gasteiger charge is -2.09. The van der Waals surface area contributed by atoms with Crippen LogP contribution in [0.2, 0.25) is 0 Å². The van der Waals surface area contributed by atoms with Crippen LogP contribution in [0.25, 0.3) is 21.2 Å². The number of benzene rings is 3. The Labute approximate surface area is 196 Å². The van der Waals surface area contributed by atoms with E-state index in [1.165, 1.54) is 11.3 Å². The fraction of sp³-hybridized carbons (Fsp3) is 0.120. The molecule has 4 aromatic rings. The van der Waals surface area contributed by atoms with Crippen molar-refractivity contribution in [2.24, 2.45) is 5.73 Å². The van der Waals surface area contributed by atoms with Crippen LogP contribution >= 0.6 is 11.3 Å². The number of thiophene rings is 1. The van der Waals surface area contributed by atoms with Crippen molar-refractivity contribution in [1.29, 1.82) is 0 Å². The number of rotatable bonds is 6. The first-order valence-corrected chi connectivity index (χ1v) is 11.0. The first kappa shape index (κ1) is 23.4. The van der Waals surface area contributed by atoms with Crippen LogP contribution in [0.1, 0.15) is 26.4 Å². The van der Waals surface area contributed by atoms with E-state index in [2.05, 4.69) is 5.32 Å². The highest BCUT2D eigenvalue weighted by Crippen LogP contribution is 2.37. The molecular weight excluding hydrogens is 468 g/mol. The lowest BCUT2D eigenvalue weighted by molar-refractivity contribution is -0.137. The summed E-state index contributed by atoms with van der Waals surface area (Å²) in [6, 6.07) is 16.9. The summed E-state index contributed by atoms with van der Waals surface area (Å²) in [7, 11) is 0. The van der Waals surface area contributed by atoms with E-state index in [9.17, 15) is 27.2 Å². The van der Waals surface area contributed by atoms with Gasteiger partial charge in [0.1, 0.15) is 5.82 Å². The highest BCUT2D eigenvalue weighted by Gasteiger charge is 2.31. The molecule has 0 aliphatic heterocycles. The molecule has 0 saturated carbocycles. The zero-order valence-electron chi connectivity index (χ0n) is 17.6. The summed E-state index contributed by atoms with van der Waals surface area (Å²) < 4.78 is 53.9. The van der Waals surface area contributed by atoms with Crippen molar-refractivity contribution in [3.63, 3.8) is 0 Å². The Kier molecular flexibility index (Phi) is 6.39. The zero-order chi connectivity index (χ0) is 24.5. The fourth-order valence-corrected chi connectivity index (χ4v) is 4.87. The Balaban J connectivity index is 1.66. The summed E-state index contributed by atoms with van der Waals surface area (Å²) in [5.74, 6) is -2.02. The van der Waals surface area contributed by atoms with Crippen LogP contribution in [0.15, 0.2) is 66.7 Å². The second kappa shape index (κ2) is 9.26. The minimum absolute atomic E-state index is 0.148. The molecule has 0 fully saturated rings. The summed E-state index contributed by atoms with van der Waals surface area (Å²) in [6.45, 7) is -0.275. The average Bonchev–Trinajstić information content (AvgIpc) is 3.19. The second-order valence-electron chi connectivity index (χ2n) is 7.69. The second-order valence-corrected chi connectivity index (χ2v) is 8.83. The van der Waals surface area contributed by atoms with Crippen molar-refractivity contribution in [1.82, 2.24) is 5.32 Å². The van der Waals surface area contributed by atoms with Gasteiger partial charge in [0.2, 0.25) is 5.91 Å². The van der Waals surface area contributed by atoms with Crippen molar-refractivity contribution in [2.75, 3.05) is 6.54 Å². The molecule has 4 rings (SSSR count). The molecule has 174 valence electrons. The van der Waals surface area contributed by atoms with E-state index < -0.39 is 29.4 Å². The lowest BCUT2D eigenvalue weighted by atomic mass is 10.0. The Hall–Kier alpha value is -3.72. The zero-order valence-corrected chi connectivity index (χ0v) is 18.4. The first-order chi connectivity index (χ1) is 16.1. The molecule has 0 saturated heterocycles. The summed E-state index contributed by atoms with van der Waals surface area (Å²) in [4.78, 5) is 24.0. The Bertz CT molecular complexity index is 1400.